The van der Waals surface area contributed by atoms with Gasteiger partial charge in [-0.2, -0.15) is 0 Å². The minimum Gasteiger partial charge on any atom is -0.493 e. The van der Waals surface area contributed by atoms with Crippen LogP contribution in [0.2, 0.25) is 5.02 Å². The van der Waals surface area contributed by atoms with E-state index in [9.17, 15) is 4.79 Å². The van der Waals surface area contributed by atoms with Crippen molar-refractivity contribution in [1.82, 2.24) is 25.1 Å². The van der Waals surface area contributed by atoms with Gasteiger partial charge in [0.25, 0.3) is 5.91 Å². The molecule has 0 aliphatic rings. The van der Waals surface area contributed by atoms with Gasteiger partial charge in [0.05, 0.1) is 25.7 Å². The largest absolute Gasteiger partial charge is 0.493 e. The SMILES string of the molecule is COc1ccc(CCNC(=O)c2csc(CSc3nnc(Cc4ccccc4)n3-c3cccc(Cl)c3)n2)cc1OC. The zero-order valence-electron chi connectivity index (χ0n) is 22.5. The number of methoxy groups -OCH3 is 2. The third-order valence-corrected chi connectivity index (χ3v) is 8.43. The third kappa shape index (κ3) is 7.27. The van der Waals surface area contributed by atoms with Gasteiger partial charge in [0.2, 0.25) is 0 Å². The summed E-state index contributed by atoms with van der Waals surface area (Å²) in [6, 6.07) is 23.5. The Morgan fingerprint density at radius 1 is 0.976 bits per heavy atom. The fourth-order valence-electron chi connectivity index (χ4n) is 4.22. The zero-order chi connectivity index (χ0) is 28.6. The molecule has 210 valence electrons. The number of nitrogens with zero attached hydrogens (tertiary/aromatic N) is 4. The van der Waals surface area contributed by atoms with Crippen molar-refractivity contribution in [3.8, 4) is 17.2 Å². The van der Waals surface area contributed by atoms with Crippen LogP contribution in [0.15, 0.2) is 83.3 Å². The molecule has 1 N–H and O–H groups in total. The minimum atomic E-state index is -0.204. The number of thiazole rings is 1. The Morgan fingerprint density at radius 2 is 1.80 bits per heavy atom. The molecule has 5 rings (SSSR count). The molecule has 8 nitrogen and oxygen atoms in total. The Hall–Kier alpha value is -3.86. The molecular formula is C30H28ClN5O3S2. The maximum absolute atomic E-state index is 12.7. The zero-order valence-corrected chi connectivity index (χ0v) is 24.9. The molecule has 1 amide bonds. The van der Waals surface area contributed by atoms with Gasteiger partial charge < -0.3 is 14.8 Å². The number of aromatic nitrogens is 4. The van der Waals surface area contributed by atoms with Crippen molar-refractivity contribution < 1.29 is 14.3 Å². The molecule has 0 aliphatic carbocycles. The van der Waals surface area contributed by atoms with Crippen LogP contribution < -0.4 is 14.8 Å². The number of halogens is 1. The number of carbonyl (C=O) groups is 1. The van der Waals surface area contributed by atoms with Gasteiger partial charge in [0.15, 0.2) is 16.7 Å². The summed E-state index contributed by atoms with van der Waals surface area (Å²) in [5, 5.41) is 15.9. The standard InChI is InChI=1S/C30H28ClN5O3S2/c1-38-25-12-11-21(15-26(25)39-2)13-14-32-29(37)24-18-40-28(33-24)19-41-30-35-34-27(16-20-7-4-3-5-8-20)36(30)23-10-6-9-22(31)17-23/h3-12,15,17-18H,13-14,16,19H2,1-2H3,(H,32,37). The molecule has 2 aromatic heterocycles. The van der Waals surface area contributed by atoms with E-state index in [1.165, 1.54) is 23.1 Å². The van der Waals surface area contributed by atoms with Gasteiger partial charge in [-0.25, -0.2) is 4.98 Å². The molecule has 0 aliphatic heterocycles. The maximum atomic E-state index is 12.7. The highest BCUT2D eigenvalue weighted by Gasteiger charge is 2.17. The molecule has 2 heterocycles. The Bertz CT molecular complexity index is 1620. The first-order valence-corrected chi connectivity index (χ1v) is 15.1. The summed E-state index contributed by atoms with van der Waals surface area (Å²) in [5.74, 6) is 2.50. The third-order valence-electron chi connectivity index (χ3n) is 6.23. The van der Waals surface area contributed by atoms with Gasteiger partial charge in [-0.1, -0.05) is 65.8 Å². The summed E-state index contributed by atoms with van der Waals surface area (Å²) >= 11 is 9.28. The molecule has 0 saturated carbocycles. The summed E-state index contributed by atoms with van der Waals surface area (Å²) in [6.45, 7) is 0.475. The summed E-state index contributed by atoms with van der Waals surface area (Å²) in [7, 11) is 3.21. The summed E-state index contributed by atoms with van der Waals surface area (Å²) in [4.78, 5) is 17.3. The smallest absolute Gasteiger partial charge is 0.270 e. The molecule has 0 bridgehead atoms. The molecule has 0 fully saturated rings. The number of amides is 1. The van der Waals surface area contributed by atoms with E-state index in [0.29, 0.717) is 47.4 Å². The van der Waals surface area contributed by atoms with Gasteiger partial charge in [0, 0.05) is 23.4 Å². The molecule has 0 saturated heterocycles. The highest BCUT2D eigenvalue weighted by molar-refractivity contribution is 7.98. The van der Waals surface area contributed by atoms with Gasteiger partial charge in [-0.3, -0.25) is 9.36 Å². The predicted molar refractivity (Wildman–Crippen MR) is 163 cm³/mol. The topological polar surface area (TPSA) is 91.2 Å². The van der Waals surface area contributed by atoms with E-state index in [-0.39, 0.29) is 5.91 Å². The highest BCUT2D eigenvalue weighted by atomic mass is 35.5. The van der Waals surface area contributed by atoms with Gasteiger partial charge in [-0.05, 0) is 47.9 Å². The first kappa shape index (κ1) is 28.7. The number of hydrogen-bond donors (Lipinski definition) is 1. The normalized spacial score (nSPS) is 10.9. The monoisotopic (exact) mass is 605 g/mol. The average molecular weight is 606 g/mol. The van der Waals surface area contributed by atoms with Crippen LogP contribution in [-0.4, -0.2) is 46.4 Å². The molecule has 5 aromatic rings. The molecule has 0 spiro atoms. The number of ether oxygens (including phenoxy) is 2. The van der Waals surface area contributed by atoms with Crippen LogP contribution in [0.5, 0.6) is 11.5 Å². The maximum Gasteiger partial charge on any atom is 0.270 e. The van der Waals surface area contributed by atoms with Crippen molar-refractivity contribution in [3.63, 3.8) is 0 Å². The molecule has 41 heavy (non-hydrogen) atoms. The summed E-state index contributed by atoms with van der Waals surface area (Å²) < 4.78 is 12.7. The summed E-state index contributed by atoms with van der Waals surface area (Å²) in [5.41, 5.74) is 3.47. The number of carbonyl (C=O) groups excluding carboxylic acids is 1. The van der Waals surface area contributed by atoms with Crippen molar-refractivity contribution in [2.45, 2.75) is 23.8 Å². The van der Waals surface area contributed by atoms with E-state index in [4.69, 9.17) is 21.1 Å². The minimum absolute atomic E-state index is 0.204. The van der Waals surface area contributed by atoms with E-state index in [0.717, 1.165) is 32.8 Å². The highest BCUT2D eigenvalue weighted by Crippen LogP contribution is 2.29. The lowest BCUT2D eigenvalue weighted by Gasteiger charge is -2.10. The van der Waals surface area contributed by atoms with Crippen molar-refractivity contribution in [1.29, 1.82) is 0 Å². The van der Waals surface area contributed by atoms with Crippen LogP contribution in [0.4, 0.5) is 0 Å². The van der Waals surface area contributed by atoms with E-state index < -0.39 is 0 Å². The lowest BCUT2D eigenvalue weighted by molar-refractivity contribution is 0.0949. The van der Waals surface area contributed by atoms with E-state index >= 15 is 0 Å². The average Bonchev–Trinajstić information content (AvgIpc) is 3.63. The lowest BCUT2D eigenvalue weighted by atomic mass is 10.1. The van der Waals surface area contributed by atoms with Crippen molar-refractivity contribution in [2.75, 3.05) is 20.8 Å². The van der Waals surface area contributed by atoms with Gasteiger partial charge in [-0.15, -0.1) is 21.5 Å². The van der Waals surface area contributed by atoms with Crippen LogP contribution in [-0.2, 0) is 18.6 Å². The number of nitrogens with one attached hydrogen (secondary N) is 1. The molecule has 0 radical (unpaired) electrons. The van der Waals surface area contributed by atoms with Crippen molar-refractivity contribution >= 4 is 40.6 Å². The quantitative estimate of drug-likeness (QED) is 0.168. The van der Waals surface area contributed by atoms with Crippen molar-refractivity contribution in [2.24, 2.45) is 0 Å². The lowest BCUT2D eigenvalue weighted by Crippen LogP contribution is -2.26. The van der Waals surface area contributed by atoms with E-state index in [1.54, 1.807) is 19.6 Å². The van der Waals surface area contributed by atoms with Crippen molar-refractivity contribution in [3.05, 3.63) is 111 Å². The Labute approximate surface area is 251 Å². The Balaban J connectivity index is 1.22. The Kier molecular flexibility index (Phi) is 9.55. The van der Waals surface area contributed by atoms with Crippen LogP contribution >= 0.6 is 34.7 Å². The van der Waals surface area contributed by atoms with Gasteiger partial charge >= 0.3 is 0 Å². The van der Waals surface area contributed by atoms with Crippen LogP contribution in [0.3, 0.4) is 0 Å². The van der Waals surface area contributed by atoms with E-state index in [1.807, 2.05) is 65.2 Å². The van der Waals surface area contributed by atoms with Crippen LogP contribution in [0.25, 0.3) is 5.69 Å². The van der Waals surface area contributed by atoms with Gasteiger partial charge in [0.1, 0.15) is 16.5 Å². The first-order chi connectivity index (χ1) is 20.0. The Morgan fingerprint density at radius 3 is 2.59 bits per heavy atom. The molecule has 0 unspecified atom stereocenters. The summed E-state index contributed by atoms with van der Waals surface area (Å²) in [6.07, 6.45) is 1.29. The van der Waals surface area contributed by atoms with Crippen LogP contribution in [0, 0.1) is 0 Å². The molecule has 0 atom stereocenters. The second-order valence-corrected chi connectivity index (χ2v) is 11.3. The number of rotatable bonds is 12. The fourth-order valence-corrected chi connectivity index (χ4v) is 6.16. The second kappa shape index (κ2) is 13.7. The number of thioether (sulfide) groups is 1. The second-order valence-electron chi connectivity index (χ2n) is 8.99. The van der Waals surface area contributed by atoms with E-state index in [2.05, 4.69) is 32.6 Å². The fraction of sp³-hybridized carbons (Fsp3) is 0.200. The molecule has 11 heteroatoms. The molecule has 3 aromatic carbocycles. The number of benzene rings is 3. The molecular weight excluding hydrogens is 578 g/mol. The number of hydrogen-bond acceptors (Lipinski definition) is 8. The van der Waals surface area contributed by atoms with Crippen LogP contribution in [0.1, 0.15) is 32.4 Å². The first-order valence-electron chi connectivity index (χ1n) is 12.8. The predicted octanol–water partition coefficient (Wildman–Crippen LogP) is 6.25.